The smallest absolute Gasteiger partial charge is 0.0206 e. The molecule has 2 aliphatic rings. The fraction of sp³-hybridized carbons (Fsp3) is 0.900. The quantitative estimate of drug-likeness (QED) is 0.473. The maximum Gasteiger partial charge on any atom is -0.0206 e. The van der Waals surface area contributed by atoms with E-state index in [4.69, 9.17) is 0 Å². The van der Waals surface area contributed by atoms with Crippen LogP contribution in [0.1, 0.15) is 98.8 Å². The Bertz CT molecular complexity index is 214. The maximum atomic E-state index is 4.40. The topological polar surface area (TPSA) is 0 Å². The van der Waals surface area contributed by atoms with Crippen molar-refractivity contribution >= 4 is 0 Å². The highest BCUT2D eigenvalue weighted by Gasteiger charge is 2.23. The lowest BCUT2D eigenvalue weighted by Gasteiger charge is -2.30. The van der Waals surface area contributed by atoms with E-state index in [1.807, 2.05) is 27.7 Å². The van der Waals surface area contributed by atoms with Crippen molar-refractivity contribution in [1.82, 2.24) is 0 Å². The summed E-state index contributed by atoms with van der Waals surface area (Å²) in [5.74, 6) is 2.83. The molecule has 0 heterocycles. The summed E-state index contributed by atoms with van der Waals surface area (Å²) in [5.41, 5.74) is 1.60. The molecule has 0 nitrogen and oxygen atoms in total. The molecule has 0 saturated heterocycles. The van der Waals surface area contributed by atoms with Gasteiger partial charge in [-0.1, -0.05) is 91.7 Å². The highest BCUT2D eigenvalue weighted by Crippen LogP contribution is 2.37. The van der Waals surface area contributed by atoms with E-state index in [2.05, 4.69) is 13.5 Å². The van der Waals surface area contributed by atoms with Gasteiger partial charge in [-0.15, -0.1) is 0 Å². The van der Waals surface area contributed by atoms with Gasteiger partial charge < -0.3 is 0 Å². The molecule has 0 amide bonds. The molecule has 0 N–H and O–H groups in total. The summed E-state index contributed by atoms with van der Waals surface area (Å²) in [6, 6.07) is 0. The number of hydrogen-bond donors (Lipinski definition) is 0. The van der Waals surface area contributed by atoms with Crippen LogP contribution in [-0.2, 0) is 0 Å². The van der Waals surface area contributed by atoms with Crippen molar-refractivity contribution in [3.63, 3.8) is 0 Å². The molecular weight excluding hydrogens is 240 g/mol. The van der Waals surface area contributed by atoms with Crippen LogP contribution in [-0.4, -0.2) is 0 Å². The molecule has 2 rings (SSSR count). The first kappa shape index (κ1) is 19.7. The van der Waals surface area contributed by atoms with E-state index >= 15 is 0 Å². The maximum absolute atomic E-state index is 4.40. The fourth-order valence-electron chi connectivity index (χ4n) is 3.60. The van der Waals surface area contributed by atoms with Crippen molar-refractivity contribution in [1.29, 1.82) is 0 Å². The summed E-state index contributed by atoms with van der Waals surface area (Å²) in [6.45, 7) is 14.8. The van der Waals surface area contributed by atoms with Crippen molar-refractivity contribution in [2.75, 3.05) is 0 Å². The van der Waals surface area contributed by atoms with Gasteiger partial charge in [0.05, 0.1) is 0 Å². The Morgan fingerprint density at radius 1 is 0.800 bits per heavy atom. The predicted molar refractivity (Wildman–Crippen MR) is 94.2 cm³/mol. The molecule has 0 aliphatic heterocycles. The summed E-state index contributed by atoms with van der Waals surface area (Å²) in [4.78, 5) is 0. The Hall–Kier alpha value is -0.260. The first-order valence-corrected chi connectivity index (χ1v) is 9.43. The van der Waals surface area contributed by atoms with Gasteiger partial charge in [-0.05, 0) is 37.0 Å². The van der Waals surface area contributed by atoms with Crippen LogP contribution in [0.25, 0.3) is 0 Å². The van der Waals surface area contributed by atoms with E-state index in [0.717, 1.165) is 17.8 Å². The van der Waals surface area contributed by atoms with E-state index in [1.165, 1.54) is 64.2 Å². The lowest BCUT2D eigenvalue weighted by molar-refractivity contribution is 0.295. The Morgan fingerprint density at radius 2 is 1.30 bits per heavy atom. The third-order valence-corrected chi connectivity index (χ3v) is 4.87. The van der Waals surface area contributed by atoms with Crippen molar-refractivity contribution in [2.45, 2.75) is 98.8 Å². The van der Waals surface area contributed by atoms with Crippen LogP contribution in [0, 0.1) is 17.8 Å². The molecular formula is C20H40. The van der Waals surface area contributed by atoms with Gasteiger partial charge in [-0.2, -0.15) is 0 Å². The fourth-order valence-corrected chi connectivity index (χ4v) is 3.60. The van der Waals surface area contributed by atoms with Crippen LogP contribution in [0.15, 0.2) is 12.2 Å². The van der Waals surface area contributed by atoms with Crippen LogP contribution in [0.4, 0.5) is 0 Å². The molecule has 0 heteroatoms. The van der Waals surface area contributed by atoms with Gasteiger partial charge in [0, 0.05) is 0 Å². The van der Waals surface area contributed by atoms with Gasteiger partial charge >= 0.3 is 0 Å². The van der Waals surface area contributed by atoms with Crippen LogP contribution >= 0.6 is 0 Å². The molecule has 0 spiro atoms. The molecule has 0 radical (unpaired) electrons. The number of hydrogen-bond acceptors (Lipinski definition) is 0. The molecule has 0 unspecified atom stereocenters. The molecule has 120 valence electrons. The van der Waals surface area contributed by atoms with E-state index in [9.17, 15) is 0 Å². The first-order valence-electron chi connectivity index (χ1n) is 9.43. The SMILES string of the molecule is C=C(CC1CCCCC1)C1CCC(C)CC1.CC.CC. The minimum Gasteiger partial charge on any atom is -0.0996 e. The lowest BCUT2D eigenvalue weighted by Crippen LogP contribution is -2.16. The van der Waals surface area contributed by atoms with Gasteiger partial charge in [-0.3, -0.25) is 0 Å². The van der Waals surface area contributed by atoms with E-state index in [0.29, 0.717) is 0 Å². The molecule has 2 fully saturated rings. The van der Waals surface area contributed by atoms with Crippen LogP contribution in [0.5, 0.6) is 0 Å². The van der Waals surface area contributed by atoms with Crippen molar-refractivity contribution in [2.24, 2.45) is 17.8 Å². The molecule has 0 aromatic rings. The second kappa shape index (κ2) is 12.5. The zero-order valence-electron chi connectivity index (χ0n) is 15.0. The van der Waals surface area contributed by atoms with Gasteiger partial charge in [0.2, 0.25) is 0 Å². The Labute approximate surface area is 129 Å². The zero-order chi connectivity index (χ0) is 15.4. The highest BCUT2D eigenvalue weighted by molar-refractivity contribution is 5.03. The number of allylic oxidation sites excluding steroid dienone is 1. The molecule has 0 atom stereocenters. The van der Waals surface area contributed by atoms with E-state index < -0.39 is 0 Å². The van der Waals surface area contributed by atoms with E-state index in [1.54, 1.807) is 5.57 Å². The molecule has 20 heavy (non-hydrogen) atoms. The second-order valence-corrected chi connectivity index (χ2v) is 6.32. The third-order valence-electron chi connectivity index (χ3n) is 4.87. The third kappa shape index (κ3) is 7.50. The molecule has 0 aromatic heterocycles. The largest absolute Gasteiger partial charge is 0.0996 e. The first-order chi connectivity index (χ1) is 9.75. The Balaban J connectivity index is 0.000000829. The van der Waals surface area contributed by atoms with Crippen LogP contribution in [0.2, 0.25) is 0 Å². The van der Waals surface area contributed by atoms with E-state index in [-0.39, 0.29) is 0 Å². The van der Waals surface area contributed by atoms with Crippen molar-refractivity contribution in [3.05, 3.63) is 12.2 Å². The monoisotopic (exact) mass is 280 g/mol. The Morgan fingerprint density at radius 3 is 1.80 bits per heavy atom. The standard InChI is InChI=1S/C16H28.2C2H6/c1-13-8-10-16(11-9-13)14(2)12-15-6-4-3-5-7-15;2*1-2/h13,15-16H,2-12H2,1H3;2*1-2H3. The molecule has 2 aliphatic carbocycles. The number of rotatable bonds is 3. The average Bonchev–Trinajstić information content (AvgIpc) is 2.53. The summed E-state index contributed by atoms with van der Waals surface area (Å²) < 4.78 is 0. The van der Waals surface area contributed by atoms with Crippen molar-refractivity contribution in [3.8, 4) is 0 Å². The van der Waals surface area contributed by atoms with Gasteiger partial charge in [0.15, 0.2) is 0 Å². The summed E-state index contributed by atoms with van der Waals surface area (Å²) in [5, 5.41) is 0. The Kier molecular flexibility index (Phi) is 12.3. The van der Waals surface area contributed by atoms with Gasteiger partial charge in [-0.25, -0.2) is 0 Å². The van der Waals surface area contributed by atoms with Gasteiger partial charge in [0.25, 0.3) is 0 Å². The zero-order valence-corrected chi connectivity index (χ0v) is 15.0. The molecule has 2 saturated carbocycles. The average molecular weight is 281 g/mol. The molecule has 0 aromatic carbocycles. The van der Waals surface area contributed by atoms with Gasteiger partial charge in [0.1, 0.15) is 0 Å². The normalized spacial score (nSPS) is 26.6. The van der Waals surface area contributed by atoms with Crippen LogP contribution < -0.4 is 0 Å². The molecule has 0 bridgehead atoms. The lowest BCUT2D eigenvalue weighted by atomic mass is 9.75. The highest BCUT2D eigenvalue weighted by atomic mass is 14.3. The van der Waals surface area contributed by atoms with Crippen molar-refractivity contribution < 1.29 is 0 Å². The minimum atomic E-state index is 0.873. The summed E-state index contributed by atoms with van der Waals surface area (Å²) in [7, 11) is 0. The van der Waals surface area contributed by atoms with Crippen LogP contribution in [0.3, 0.4) is 0 Å². The minimum absolute atomic E-state index is 0.873. The predicted octanol–water partition coefficient (Wildman–Crippen LogP) is 7.39. The second-order valence-electron chi connectivity index (χ2n) is 6.32. The summed E-state index contributed by atoms with van der Waals surface area (Å²) in [6.07, 6.45) is 14.4. The summed E-state index contributed by atoms with van der Waals surface area (Å²) >= 11 is 0.